The van der Waals surface area contributed by atoms with E-state index in [0.717, 1.165) is 51.2 Å². The number of guanidine groups is 1. The van der Waals surface area contributed by atoms with Gasteiger partial charge in [-0.2, -0.15) is 0 Å². The molecule has 1 aliphatic heterocycles. The van der Waals surface area contributed by atoms with E-state index in [1.165, 1.54) is 25.7 Å². The van der Waals surface area contributed by atoms with Gasteiger partial charge in [-0.25, -0.2) is 4.99 Å². The highest BCUT2D eigenvalue weighted by molar-refractivity contribution is 5.84. The summed E-state index contributed by atoms with van der Waals surface area (Å²) in [5.41, 5.74) is 0. The van der Waals surface area contributed by atoms with Gasteiger partial charge >= 0.3 is 0 Å². The summed E-state index contributed by atoms with van der Waals surface area (Å²) in [6.07, 6.45) is 4.94. The number of aliphatic imine (C=N–C) groups is 1. The molecule has 1 aliphatic rings. The molecule has 1 rings (SSSR count). The van der Waals surface area contributed by atoms with Crippen LogP contribution in [0.3, 0.4) is 0 Å². The average molecular weight is 370 g/mol. The second kappa shape index (κ2) is 12.9. The molecule has 0 radical (unpaired) electrons. The number of carbonyl (C=O) groups is 1. The van der Waals surface area contributed by atoms with Gasteiger partial charge in [-0.05, 0) is 52.1 Å². The molecule has 0 aliphatic carbocycles. The molecule has 152 valence electrons. The van der Waals surface area contributed by atoms with Crippen molar-refractivity contribution in [3.05, 3.63) is 0 Å². The fraction of sp³-hybridized carbons (Fsp3) is 0.895. The molecule has 7 heteroatoms. The Morgan fingerprint density at radius 3 is 2.50 bits per heavy atom. The van der Waals surface area contributed by atoms with Gasteiger partial charge in [0, 0.05) is 47.4 Å². The van der Waals surface area contributed by atoms with Crippen molar-refractivity contribution in [3.8, 4) is 0 Å². The standard InChI is InChI=1S/C19H39N5O2/c1-6-20-19(21-16-18(25)22(2)3)24-12-9-17(10-13-24)8-7-11-23(4)14-15-26-5/h17H,6-16H2,1-5H3,(H,20,21). The molecule has 0 unspecified atom stereocenters. The van der Waals surface area contributed by atoms with Crippen molar-refractivity contribution >= 4 is 11.9 Å². The largest absolute Gasteiger partial charge is 0.383 e. The average Bonchev–Trinajstić information content (AvgIpc) is 2.63. The Morgan fingerprint density at radius 2 is 1.92 bits per heavy atom. The Labute approximate surface area is 159 Å². The molecule has 1 N–H and O–H groups in total. The van der Waals surface area contributed by atoms with E-state index in [1.807, 2.05) is 0 Å². The van der Waals surface area contributed by atoms with Gasteiger partial charge in [-0.15, -0.1) is 0 Å². The summed E-state index contributed by atoms with van der Waals surface area (Å²) in [5.74, 6) is 1.71. The molecule has 1 heterocycles. The van der Waals surface area contributed by atoms with Crippen molar-refractivity contribution in [2.75, 3.05) is 74.1 Å². The third-order valence-electron chi connectivity index (χ3n) is 4.94. The van der Waals surface area contributed by atoms with Crippen molar-refractivity contribution in [2.45, 2.75) is 32.6 Å². The summed E-state index contributed by atoms with van der Waals surface area (Å²) in [6, 6.07) is 0. The number of nitrogens with zero attached hydrogens (tertiary/aromatic N) is 4. The van der Waals surface area contributed by atoms with Crippen molar-refractivity contribution in [1.82, 2.24) is 20.0 Å². The van der Waals surface area contributed by atoms with E-state index in [1.54, 1.807) is 26.1 Å². The number of methoxy groups -OCH3 is 1. The number of rotatable bonds is 10. The summed E-state index contributed by atoms with van der Waals surface area (Å²) in [4.78, 5) is 22.5. The van der Waals surface area contributed by atoms with Gasteiger partial charge in [0.15, 0.2) is 5.96 Å². The zero-order valence-electron chi connectivity index (χ0n) is 17.5. The Balaban J connectivity index is 2.35. The van der Waals surface area contributed by atoms with Crippen molar-refractivity contribution in [1.29, 1.82) is 0 Å². The van der Waals surface area contributed by atoms with Gasteiger partial charge in [-0.3, -0.25) is 4.79 Å². The van der Waals surface area contributed by atoms with Crippen LogP contribution in [0.25, 0.3) is 0 Å². The molecule has 0 aromatic rings. The Bertz CT molecular complexity index is 420. The first-order valence-corrected chi connectivity index (χ1v) is 9.88. The zero-order valence-corrected chi connectivity index (χ0v) is 17.5. The van der Waals surface area contributed by atoms with E-state index in [9.17, 15) is 4.79 Å². The van der Waals surface area contributed by atoms with Crippen molar-refractivity contribution in [2.24, 2.45) is 10.9 Å². The fourth-order valence-corrected chi connectivity index (χ4v) is 3.15. The highest BCUT2D eigenvalue weighted by Gasteiger charge is 2.21. The molecule has 0 aromatic heterocycles. The number of amides is 1. The maximum atomic E-state index is 11.8. The van der Waals surface area contributed by atoms with Crippen LogP contribution >= 0.6 is 0 Å². The number of likely N-dealkylation sites (tertiary alicyclic amines) is 1. The quantitative estimate of drug-likeness (QED) is 0.462. The van der Waals surface area contributed by atoms with Crippen LogP contribution in [-0.4, -0.2) is 101 Å². The highest BCUT2D eigenvalue weighted by atomic mass is 16.5. The number of nitrogens with one attached hydrogen (secondary N) is 1. The second-order valence-electron chi connectivity index (χ2n) is 7.33. The predicted octanol–water partition coefficient (Wildman–Crippen LogP) is 1.11. The second-order valence-corrected chi connectivity index (χ2v) is 7.33. The maximum Gasteiger partial charge on any atom is 0.243 e. The monoisotopic (exact) mass is 369 g/mol. The van der Waals surface area contributed by atoms with E-state index in [-0.39, 0.29) is 12.5 Å². The molecule has 1 saturated heterocycles. The molecule has 0 saturated carbocycles. The number of ether oxygens (including phenoxy) is 1. The molecule has 7 nitrogen and oxygen atoms in total. The minimum Gasteiger partial charge on any atom is -0.383 e. The third kappa shape index (κ3) is 8.85. The van der Waals surface area contributed by atoms with Crippen LogP contribution in [-0.2, 0) is 9.53 Å². The first-order chi connectivity index (χ1) is 12.5. The van der Waals surface area contributed by atoms with E-state index in [2.05, 4.69) is 34.1 Å². The van der Waals surface area contributed by atoms with Crippen LogP contribution in [0.2, 0.25) is 0 Å². The predicted molar refractivity (Wildman–Crippen MR) is 108 cm³/mol. The van der Waals surface area contributed by atoms with Gasteiger partial charge < -0.3 is 24.8 Å². The van der Waals surface area contributed by atoms with E-state index >= 15 is 0 Å². The Hall–Kier alpha value is -1.34. The lowest BCUT2D eigenvalue weighted by molar-refractivity contribution is -0.127. The third-order valence-corrected chi connectivity index (χ3v) is 4.94. The molecule has 1 fully saturated rings. The lowest BCUT2D eigenvalue weighted by Crippen LogP contribution is -2.46. The SMILES string of the molecule is CCNC(=NCC(=O)N(C)C)N1CCC(CCCN(C)CCOC)CC1. The maximum absolute atomic E-state index is 11.8. The first kappa shape index (κ1) is 22.7. The summed E-state index contributed by atoms with van der Waals surface area (Å²) in [5, 5.41) is 3.33. The lowest BCUT2D eigenvalue weighted by atomic mass is 9.92. The molecule has 1 amide bonds. The van der Waals surface area contributed by atoms with Gasteiger partial charge in [0.25, 0.3) is 0 Å². The molecule has 0 bridgehead atoms. The molecule has 0 atom stereocenters. The summed E-state index contributed by atoms with van der Waals surface area (Å²) >= 11 is 0. The van der Waals surface area contributed by atoms with Gasteiger partial charge in [0.1, 0.15) is 6.54 Å². The van der Waals surface area contributed by atoms with Crippen LogP contribution in [0.1, 0.15) is 32.6 Å². The minimum absolute atomic E-state index is 0.0351. The van der Waals surface area contributed by atoms with E-state index < -0.39 is 0 Å². The summed E-state index contributed by atoms with van der Waals surface area (Å²) < 4.78 is 5.12. The van der Waals surface area contributed by atoms with Crippen LogP contribution < -0.4 is 5.32 Å². The molecule has 0 spiro atoms. The number of carbonyl (C=O) groups excluding carboxylic acids is 1. The van der Waals surface area contributed by atoms with Crippen LogP contribution in [0.5, 0.6) is 0 Å². The van der Waals surface area contributed by atoms with Crippen LogP contribution in [0, 0.1) is 5.92 Å². The van der Waals surface area contributed by atoms with Gasteiger partial charge in [0.05, 0.1) is 6.61 Å². The molecule has 0 aromatic carbocycles. The topological polar surface area (TPSA) is 60.4 Å². The highest BCUT2D eigenvalue weighted by Crippen LogP contribution is 2.22. The lowest BCUT2D eigenvalue weighted by Gasteiger charge is -2.34. The summed E-state index contributed by atoms with van der Waals surface area (Å²) in [7, 11) is 7.45. The van der Waals surface area contributed by atoms with Gasteiger partial charge in [-0.1, -0.05) is 0 Å². The van der Waals surface area contributed by atoms with E-state index in [0.29, 0.717) is 0 Å². The van der Waals surface area contributed by atoms with Gasteiger partial charge in [0.2, 0.25) is 5.91 Å². The van der Waals surface area contributed by atoms with E-state index in [4.69, 9.17) is 4.74 Å². The Kier molecular flexibility index (Phi) is 11.3. The normalized spacial score (nSPS) is 16.2. The number of piperidine rings is 1. The number of hydrogen-bond acceptors (Lipinski definition) is 4. The molecular weight excluding hydrogens is 330 g/mol. The minimum atomic E-state index is 0.0351. The fourth-order valence-electron chi connectivity index (χ4n) is 3.15. The smallest absolute Gasteiger partial charge is 0.243 e. The van der Waals surface area contributed by atoms with Crippen LogP contribution in [0.4, 0.5) is 0 Å². The summed E-state index contributed by atoms with van der Waals surface area (Å²) in [6.45, 7) is 8.08. The van der Waals surface area contributed by atoms with Crippen molar-refractivity contribution in [3.63, 3.8) is 0 Å². The number of likely N-dealkylation sites (N-methyl/N-ethyl adjacent to an activating group) is 2. The van der Waals surface area contributed by atoms with Crippen LogP contribution in [0.15, 0.2) is 4.99 Å². The molecule has 26 heavy (non-hydrogen) atoms. The number of hydrogen-bond donors (Lipinski definition) is 1. The molecular formula is C19H39N5O2. The Morgan fingerprint density at radius 1 is 1.23 bits per heavy atom. The zero-order chi connectivity index (χ0) is 19.4. The van der Waals surface area contributed by atoms with Crippen molar-refractivity contribution < 1.29 is 9.53 Å². The first-order valence-electron chi connectivity index (χ1n) is 9.88.